The van der Waals surface area contributed by atoms with Crippen LogP contribution in [0.5, 0.6) is 0 Å². The number of pyridine rings is 1. The number of nitrogens with zero attached hydrogens (tertiary/aromatic N) is 4. The van der Waals surface area contributed by atoms with Crippen molar-refractivity contribution in [3.63, 3.8) is 0 Å². The maximum Gasteiger partial charge on any atom is 0.157 e. The van der Waals surface area contributed by atoms with Crippen LogP contribution in [0.4, 0.5) is 5.82 Å². The van der Waals surface area contributed by atoms with Crippen LogP contribution in [0.25, 0.3) is 27.8 Å². The second-order valence-corrected chi connectivity index (χ2v) is 10.3. The van der Waals surface area contributed by atoms with Crippen molar-refractivity contribution in [1.29, 1.82) is 5.26 Å². The quantitative estimate of drug-likeness (QED) is 0.404. The minimum Gasteiger partial charge on any atom is -0.346 e. The largest absolute Gasteiger partial charge is 0.346 e. The number of imidazole rings is 1. The molecule has 1 aliphatic heterocycles. The van der Waals surface area contributed by atoms with Gasteiger partial charge in [-0.1, -0.05) is 67.6 Å². The number of benzene rings is 3. The maximum absolute atomic E-state index is 10.1. The summed E-state index contributed by atoms with van der Waals surface area (Å²) >= 11 is 0. The van der Waals surface area contributed by atoms with Crippen molar-refractivity contribution in [2.75, 3.05) is 31.1 Å². The number of aromatic nitrogens is 2. The van der Waals surface area contributed by atoms with Crippen molar-refractivity contribution in [3.8, 4) is 17.2 Å². The van der Waals surface area contributed by atoms with Gasteiger partial charge < -0.3 is 9.80 Å². The van der Waals surface area contributed by atoms with E-state index in [4.69, 9.17) is 4.98 Å². The van der Waals surface area contributed by atoms with Gasteiger partial charge in [0.1, 0.15) is 17.9 Å². The van der Waals surface area contributed by atoms with E-state index in [1.165, 1.54) is 33.6 Å². The average molecular weight is 485 g/mol. The molecule has 3 aromatic carbocycles. The van der Waals surface area contributed by atoms with Crippen molar-refractivity contribution < 1.29 is 4.90 Å². The zero-order chi connectivity index (χ0) is 25.1. The molecular weight excluding hydrogens is 454 g/mol. The number of nitriles is 1. The molecule has 1 N–H and O–H groups in total. The Kier molecular flexibility index (Phi) is 5.05. The highest BCUT2D eigenvalue weighted by atomic mass is 15.3. The summed E-state index contributed by atoms with van der Waals surface area (Å²) in [5.74, 6) is 1.22. The first kappa shape index (κ1) is 22.1. The molecule has 0 unspecified atom stereocenters. The van der Waals surface area contributed by atoms with Gasteiger partial charge in [-0.15, -0.1) is 0 Å². The summed E-state index contributed by atoms with van der Waals surface area (Å²) in [6.07, 6.45) is 0.884. The van der Waals surface area contributed by atoms with Gasteiger partial charge in [-0.25, -0.2) is 4.98 Å². The zero-order valence-electron chi connectivity index (χ0n) is 21.3. The molecular formula is C32H30N5+. The number of quaternary nitrogens is 1. The lowest BCUT2D eigenvalue weighted by Crippen LogP contribution is -3.15. The molecule has 5 nitrogen and oxygen atoms in total. The third-order valence-electron chi connectivity index (χ3n) is 8.51. The standard InChI is InChI=1S/C32H29N5/c1-3-22-21(2)27(20-33)31-34-28-14-8-9-15-29(28)37(31)32(22)36-18-16-35(17-19-36)30-25-12-6-4-10-23(25)24-11-5-7-13-26(24)30/h4-15,30H,3,16-19H2,1-2H3/p+1. The third-order valence-corrected chi connectivity index (χ3v) is 8.51. The first-order chi connectivity index (χ1) is 18.2. The van der Waals surface area contributed by atoms with E-state index in [0.29, 0.717) is 11.6 Å². The van der Waals surface area contributed by atoms with Crippen LogP contribution in [-0.4, -0.2) is 35.6 Å². The Morgan fingerprint density at radius 3 is 2.19 bits per heavy atom. The minimum atomic E-state index is 0.386. The molecule has 3 heterocycles. The highest BCUT2D eigenvalue weighted by Crippen LogP contribution is 2.42. The van der Waals surface area contributed by atoms with Gasteiger partial charge in [0.25, 0.3) is 0 Å². The topological polar surface area (TPSA) is 48.8 Å². The second kappa shape index (κ2) is 8.47. The number of para-hydroxylation sites is 2. The van der Waals surface area contributed by atoms with Crippen LogP contribution in [-0.2, 0) is 6.42 Å². The van der Waals surface area contributed by atoms with E-state index in [0.717, 1.165) is 54.8 Å². The smallest absolute Gasteiger partial charge is 0.157 e. The van der Waals surface area contributed by atoms with Crippen LogP contribution in [0, 0.1) is 18.3 Å². The van der Waals surface area contributed by atoms with E-state index >= 15 is 0 Å². The summed E-state index contributed by atoms with van der Waals surface area (Å²) in [7, 11) is 0. The molecule has 5 aromatic rings. The van der Waals surface area contributed by atoms with Crippen molar-refractivity contribution in [3.05, 3.63) is 101 Å². The Morgan fingerprint density at radius 1 is 0.919 bits per heavy atom. The second-order valence-electron chi connectivity index (χ2n) is 10.3. The Morgan fingerprint density at radius 2 is 1.54 bits per heavy atom. The van der Waals surface area contributed by atoms with Gasteiger partial charge in [0.15, 0.2) is 5.65 Å². The molecule has 1 fully saturated rings. The van der Waals surface area contributed by atoms with Gasteiger partial charge in [0, 0.05) is 11.1 Å². The molecule has 2 aromatic heterocycles. The lowest BCUT2D eigenvalue weighted by molar-refractivity contribution is -0.925. The molecule has 0 bridgehead atoms. The molecule has 37 heavy (non-hydrogen) atoms. The minimum absolute atomic E-state index is 0.386. The number of anilines is 1. The SMILES string of the molecule is CCc1c(C)c(C#N)c2nc3ccccc3n2c1N1CC[NH+](C2c3ccccc3-c3ccccc32)CC1. The molecule has 7 rings (SSSR count). The Balaban J connectivity index is 1.30. The summed E-state index contributed by atoms with van der Waals surface area (Å²) in [6.45, 7) is 8.35. The highest BCUT2D eigenvalue weighted by Gasteiger charge is 2.38. The Bertz CT molecular complexity index is 1670. The molecule has 0 atom stereocenters. The van der Waals surface area contributed by atoms with E-state index in [1.54, 1.807) is 4.90 Å². The monoisotopic (exact) mass is 484 g/mol. The average Bonchev–Trinajstić information content (AvgIpc) is 3.49. The van der Waals surface area contributed by atoms with Crippen LogP contribution in [0.1, 0.15) is 40.8 Å². The number of nitrogens with one attached hydrogen (secondary N) is 1. The predicted molar refractivity (Wildman–Crippen MR) is 148 cm³/mol. The van der Waals surface area contributed by atoms with Crippen LogP contribution in [0.15, 0.2) is 72.8 Å². The molecule has 0 amide bonds. The van der Waals surface area contributed by atoms with Gasteiger partial charge in [0.2, 0.25) is 0 Å². The molecule has 1 aliphatic carbocycles. The summed E-state index contributed by atoms with van der Waals surface area (Å²) in [5.41, 5.74) is 11.5. The number of rotatable bonds is 3. The molecule has 5 heteroatoms. The maximum atomic E-state index is 10.1. The molecule has 182 valence electrons. The van der Waals surface area contributed by atoms with Crippen LogP contribution in [0.3, 0.4) is 0 Å². The fourth-order valence-electron chi connectivity index (χ4n) is 6.81. The Hall–Kier alpha value is -4.14. The number of fused-ring (bicyclic) bond motifs is 6. The summed E-state index contributed by atoms with van der Waals surface area (Å²) in [5, 5.41) is 10.1. The van der Waals surface area contributed by atoms with Gasteiger partial charge in [-0.05, 0) is 47.7 Å². The van der Waals surface area contributed by atoms with Crippen LogP contribution >= 0.6 is 0 Å². The first-order valence-corrected chi connectivity index (χ1v) is 13.3. The van der Waals surface area contributed by atoms with Crippen molar-refractivity contribution in [2.45, 2.75) is 26.3 Å². The van der Waals surface area contributed by atoms with Crippen molar-refractivity contribution >= 4 is 22.5 Å². The normalized spacial score (nSPS) is 15.8. The number of hydrogen-bond acceptors (Lipinski definition) is 3. The van der Waals surface area contributed by atoms with Crippen LogP contribution < -0.4 is 9.80 Å². The first-order valence-electron chi connectivity index (χ1n) is 13.3. The van der Waals surface area contributed by atoms with E-state index < -0.39 is 0 Å². The molecule has 2 aliphatic rings. The fraction of sp³-hybridized carbons (Fsp3) is 0.250. The predicted octanol–water partition coefficient (Wildman–Crippen LogP) is 4.70. The van der Waals surface area contributed by atoms with E-state index in [1.807, 2.05) is 12.1 Å². The van der Waals surface area contributed by atoms with Gasteiger partial charge in [-0.2, -0.15) is 5.26 Å². The molecule has 0 saturated carbocycles. The summed E-state index contributed by atoms with van der Waals surface area (Å²) < 4.78 is 2.25. The summed E-state index contributed by atoms with van der Waals surface area (Å²) in [4.78, 5) is 9.09. The van der Waals surface area contributed by atoms with Gasteiger partial charge in [-0.3, -0.25) is 4.40 Å². The Labute approximate surface area is 217 Å². The fourth-order valence-corrected chi connectivity index (χ4v) is 6.81. The highest BCUT2D eigenvalue weighted by molar-refractivity contribution is 5.86. The summed E-state index contributed by atoms with van der Waals surface area (Å²) in [6, 6.07) is 29.0. The van der Waals surface area contributed by atoms with E-state index in [9.17, 15) is 5.26 Å². The zero-order valence-corrected chi connectivity index (χ0v) is 21.3. The number of piperazine rings is 1. The number of hydrogen-bond donors (Lipinski definition) is 1. The van der Waals surface area contributed by atoms with Crippen molar-refractivity contribution in [2.24, 2.45) is 0 Å². The van der Waals surface area contributed by atoms with E-state index in [-0.39, 0.29) is 0 Å². The van der Waals surface area contributed by atoms with Gasteiger partial charge in [0.05, 0.1) is 42.8 Å². The molecule has 0 radical (unpaired) electrons. The third kappa shape index (κ3) is 3.16. The lowest BCUT2D eigenvalue weighted by Gasteiger charge is -2.38. The van der Waals surface area contributed by atoms with Crippen molar-refractivity contribution in [1.82, 2.24) is 9.38 Å². The molecule has 0 spiro atoms. The van der Waals surface area contributed by atoms with Gasteiger partial charge >= 0.3 is 0 Å². The van der Waals surface area contributed by atoms with E-state index in [2.05, 4.69) is 89.9 Å². The van der Waals surface area contributed by atoms with Crippen LogP contribution in [0.2, 0.25) is 0 Å². The lowest BCUT2D eigenvalue weighted by atomic mass is 10.0. The molecule has 1 saturated heterocycles.